The Labute approximate surface area is 76.8 Å². The zero-order valence-electron chi connectivity index (χ0n) is 3.48. The second-order valence-electron chi connectivity index (χ2n) is 1.00. The van der Waals surface area contributed by atoms with Gasteiger partial charge in [-0.15, -0.1) is 22.7 Å². The van der Waals surface area contributed by atoms with Crippen LogP contribution in [0.25, 0.3) is 0 Å². The lowest BCUT2D eigenvalue weighted by Crippen LogP contribution is -1.39. The third-order valence-corrected chi connectivity index (χ3v) is 5.55. The van der Waals surface area contributed by atoms with E-state index in [0.717, 1.165) is 10.7 Å². The first kappa shape index (κ1) is 7.34. The van der Waals surface area contributed by atoms with Crippen LogP contribution in [0.15, 0.2) is 7.57 Å². The normalized spacial score (nSPS) is 9.75. The van der Waals surface area contributed by atoms with Crippen molar-refractivity contribution in [2.75, 3.05) is 0 Å². The van der Waals surface area contributed by atoms with Gasteiger partial charge in [0.25, 0.3) is 0 Å². The molecule has 8 heavy (non-hydrogen) atoms. The first-order chi connectivity index (χ1) is 3.70. The highest BCUT2D eigenvalue weighted by molar-refractivity contribution is 9.14. The van der Waals surface area contributed by atoms with Crippen molar-refractivity contribution in [2.45, 2.75) is 0 Å². The molecule has 0 spiro atoms. The van der Waals surface area contributed by atoms with E-state index < -0.39 is 0 Å². The highest BCUT2D eigenvalue weighted by Gasteiger charge is 1.97. The minimum absolute atomic E-state index is 0.948. The van der Waals surface area contributed by atoms with Gasteiger partial charge in [-0.05, 0) is 31.9 Å². The molecule has 0 radical (unpaired) electrons. The largest absolute Gasteiger partial charge is 0.145 e. The van der Waals surface area contributed by atoms with Gasteiger partial charge in [-0.2, -0.15) is 0 Å². The van der Waals surface area contributed by atoms with E-state index >= 15 is 0 Å². The molecule has 0 aromatic carbocycles. The van der Waals surface area contributed by atoms with Gasteiger partial charge in [-0.1, -0.05) is 12.2 Å². The minimum Gasteiger partial charge on any atom is -0.104 e. The van der Waals surface area contributed by atoms with E-state index in [0.29, 0.717) is 0 Å². The summed E-state index contributed by atoms with van der Waals surface area (Å²) in [5, 5.41) is 0. The van der Waals surface area contributed by atoms with E-state index in [1.807, 2.05) is 0 Å². The SMILES string of the molecule is S=c1sc(Br)c(Br)s1. The predicted octanol–water partition coefficient (Wildman–Crippen LogP) is 4.06. The molecule has 1 aromatic rings. The quantitative estimate of drug-likeness (QED) is 0.650. The Bertz CT molecular complexity index is 212. The van der Waals surface area contributed by atoms with Gasteiger partial charge in [0, 0.05) is 0 Å². The Hall–Kier alpha value is 1.23. The zero-order valence-corrected chi connectivity index (χ0v) is 9.10. The van der Waals surface area contributed by atoms with Gasteiger partial charge in [-0.25, -0.2) is 0 Å². The number of hydrogen-bond donors (Lipinski definition) is 0. The smallest absolute Gasteiger partial charge is 0.104 e. The fourth-order valence-corrected chi connectivity index (χ4v) is 4.86. The summed E-state index contributed by atoms with van der Waals surface area (Å²) in [7, 11) is 0. The third kappa shape index (κ3) is 1.60. The van der Waals surface area contributed by atoms with E-state index in [2.05, 4.69) is 31.9 Å². The molecule has 0 bridgehead atoms. The maximum atomic E-state index is 4.90. The first-order valence-corrected chi connectivity index (χ1v) is 5.28. The van der Waals surface area contributed by atoms with Crippen LogP contribution in [0.2, 0.25) is 0 Å². The highest BCUT2D eigenvalue weighted by atomic mass is 79.9. The molecule has 0 fully saturated rings. The topological polar surface area (TPSA) is 0 Å². The number of rotatable bonds is 0. The first-order valence-electron chi connectivity index (χ1n) is 1.65. The summed E-state index contributed by atoms with van der Waals surface area (Å²) in [5.74, 6) is 0. The van der Waals surface area contributed by atoms with Crippen LogP contribution in [0.3, 0.4) is 0 Å². The predicted molar refractivity (Wildman–Crippen MR) is 48.4 cm³/mol. The molecule has 1 aromatic heterocycles. The fraction of sp³-hybridized carbons (Fsp3) is 0. The Morgan fingerprint density at radius 3 is 1.62 bits per heavy atom. The fourth-order valence-electron chi connectivity index (χ4n) is 0.247. The molecule has 1 rings (SSSR count). The van der Waals surface area contributed by atoms with Gasteiger partial charge in [0.15, 0.2) is 0 Å². The van der Waals surface area contributed by atoms with Crippen molar-refractivity contribution in [2.24, 2.45) is 0 Å². The van der Waals surface area contributed by atoms with Crippen LogP contribution < -0.4 is 0 Å². The van der Waals surface area contributed by atoms with Gasteiger partial charge in [-0.3, -0.25) is 0 Å². The van der Waals surface area contributed by atoms with E-state index in [9.17, 15) is 0 Å². The second kappa shape index (κ2) is 2.88. The monoisotopic (exact) mass is 290 g/mol. The van der Waals surface area contributed by atoms with Crippen molar-refractivity contribution in [3.05, 3.63) is 10.7 Å². The van der Waals surface area contributed by atoms with Gasteiger partial charge >= 0.3 is 0 Å². The minimum atomic E-state index is 0.948. The average molecular weight is 292 g/mol. The molecular weight excluding hydrogens is 292 g/mol. The van der Waals surface area contributed by atoms with E-state index in [-0.39, 0.29) is 0 Å². The van der Waals surface area contributed by atoms with Gasteiger partial charge in [0.1, 0.15) is 3.14 Å². The molecule has 0 aliphatic rings. The van der Waals surface area contributed by atoms with Crippen LogP contribution in [-0.2, 0) is 0 Å². The van der Waals surface area contributed by atoms with Crippen LogP contribution in [0.4, 0.5) is 0 Å². The van der Waals surface area contributed by atoms with Crippen molar-refractivity contribution in [3.63, 3.8) is 0 Å². The van der Waals surface area contributed by atoms with E-state index in [1.54, 1.807) is 22.7 Å². The van der Waals surface area contributed by atoms with Crippen LogP contribution in [0.5, 0.6) is 0 Å². The Balaban J connectivity index is 3.35. The van der Waals surface area contributed by atoms with E-state index in [4.69, 9.17) is 12.2 Å². The van der Waals surface area contributed by atoms with Crippen molar-refractivity contribution in [1.29, 1.82) is 0 Å². The van der Waals surface area contributed by atoms with Crippen molar-refractivity contribution >= 4 is 66.8 Å². The molecule has 0 aliphatic carbocycles. The maximum absolute atomic E-state index is 4.90. The summed E-state index contributed by atoms with van der Waals surface area (Å²) in [4.78, 5) is 0. The van der Waals surface area contributed by atoms with Gasteiger partial charge < -0.3 is 0 Å². The second-order valence-corrected chi connectivity index (χ2v) is 6.86. The van der Waals surface area contributed by atoms with Gasteiger partial charge in [0.05, 0.1) is 7.57 Å². The molecule has 0 saturated heterocycles. The van der Waals surface area contributed by atoms with Gasteiger partial charge in [0.2, 0.25) is 0 Å². The molecule has 1 heterocycles. The molecule has 0 aliphatic heterocycles. The summed E-state index contributed by atoms with van der Waals surface area (Å²) in [6.45, 7) is 0. The highest BCUT2D eigenvalue weighted by Crippen LogP contribution is 2.34. The summed E-state index contributed by atoms with van der Waals surface area (Å²) >= 11 is 14.7. The molecule has 0 saturated carbocycles. The summed E-state index contributed by atoms with van der Waals surface area (Å²) < 4.78 is 3.13. The lowest BCUT2D eigenvalue weighted by molar-refractivity contribution is 2.07. The molecule has 0 amide bonds. The van der Waals surface area contributed by atoms with E-state index in [1.165, 1.54) is 0 Å². The summed E-state index contributed by atoms with van der Waals surface area (Å²) in [6, 6.07) is 0. The Kier molecular flexibility index (Phi) is 2.64. The average Bonchev–Trinajstić information content (AvgIpc) is 1.85. The van der Waals surface area contributed by atoms with Crippen LogP contribution in [-0.4, -0.2) is 0 Å². The maximum Gasteiger partial charge on any atom is 0.145 e. The number of halogens is 2. The standard InChI is InChI=1S/C3Br2S3/c4-1-2(5)8-3(6)7-1. The van der Waals surface area contributed by atoms with Crippen LogP contribution in [0, 0.1) is 3.14 Å². The van der Waals surface area contributed by atoms with Crippen LogP contribution in [0.1, 0.15) is 0 Å². The molecule has 0 N–H and O–H groups in total. The van der Waals surface area contributed by atoms with Crippen molar-refractivity contribution < 1.29 is 0 Å². The van der Waals surface area contributed by atoms with Crippen molar-refractivity contribution in [3.8, 4) is 0 Å². The molecule has 5 heteroatoms. The Morgan fingerprint density at radius 2 is 1.50 bits per heavy atom. The Morgan fingerprint density at radius 1 is 1.12 bits per heavy atom. The summed E-state index contributed by atoms with van der Waals surface area (Å²) in [5.41, 5.74) is 0. The molecule has 0 unspecified atom stereocenters. The third-order valence-electron chi connectivity index (χ3n) is 0.500. The van der Waals surface area contributed by atoms with Crippen molar-refractivity contribution in [1.82, 2.24) is 0 Å². The molecule has 0 nitrogen and oxygen atoms in total. The molecule has 44 valence electrons. The molecule has 0 atom stereocenters. The lowest BCUT2D eigenvalue weighted by Gasteiger charge is -1.72. The van der Waals surface area contributed by atoms with Crippen LogP contribution >= 0.6 is 66.8 Å². The summed E-state index contributed by atoms with van der Waals surface area (Å²) in [6.07, 6.45) is 0. The molecular formula is C3Br2S3. The lowest BCUT2D eigenvalue weighted by atomic mass is 11.1. The zero-order chi connectivity index (χ0) is 6.15. The number of hydrogen-bond acceptors (Lipinski definition) is 3.